The molecule has 2 aliphatic heterocycles. The molecular weight excluding hydrogens is 211 g/mol. The molecule has 2 heterocycles. The van der Waals surface area contributed by atoms with Crippen molar-refractivity contribution in [3.63, 3.8) is 0 Å². The summed E-state index contributed by atoms with van der Waals surface area (Å²) in [6.45, 7) is 8.14. The van der Waals surface area contributed by atoms with Crippen LogP contribution < -0.4 is 0 Å². The van der Waals surface area contributed by atoms with Gasteiger partial charge in [0, 0.05) is 11.6 Å². The van der Waals surface area contributed by atoms with E-state index in [4.69, 9.17) is 9.31 Å². The lowest BCUT2D eigenvalue weighted by Crippen LogP contribution is -2.41. The van der Waals surface area contributed by atoms with Crippen molar-refractivity contribution >= 4 is 24.0 Å². The minimum Gasteiger partial charge on any atom is -0.402 e. The lowest BCUT2D eigenvalue weighted by Gasteiger charge is -2.32. The van der Waals surface area contributed by atoms with Gasteiger partial charge < -0.3 is 9.31 Å². The van der Waals surface area contributed by atoms with E-state index in [1.807, 2.05) is 27.7 Å². The summed E-state index contributed by atoms with van der Waals surface area (Å²) >= 11 is 1.38. The molecule has 3 nitrogen and oxygen atoms in total. The minimum atomic E-state index is -0.288. The fraction of sp³-hybridized carbons (Fsp3) is 0.900. The van der Waals surface area contributed by atoms with Gasteiger partial charge in [-0.2, -0.15) is 0 Å². The summed E-state index contributed by atoms with van der Waals surface area (Å²) in [5.41, 5.74) is -0.576. The quantitative estimate of drug-likeness (QED) is 0.643. The summed E-state index contributed by atoms with van der Waals surface area (Å²) in [6, 6.07) is 0. The molecule has 2 aliphatic rings. The van der Waals surface area contributed by atoms with Gasteiger partial charge in [0.25, 0.3) is 0 Å². The molecule has 0 amide bonds. The number of hydrogen-bond donors (Lipinski definition) is 0. The molecule has 2 saturated heterocycles. The van der Waals surface area contributed by atoms with E-state index in [1.165, 1.54) is 11.8 Å². The number of thioether (sulfide) groups is 1. The summed E-state index contributed by atoms with van der Waals surface area (Å²) in [5.74, 6) is 0. The van der Waals surface area contributed by atoms with Crippen molar-refractivity contribution in [1.82, 2.24) is 0 Å². The van der Waals surface area contributed by atoms with Gasteiger partial charge in [-0.25, -0.2) is 0 Å². The maximum absolute atomic E-state index is 11.2. The minimum absolute atomic E-state index is 0.179. The molecule has 2 fully saturated rings. The molecule has 1 unspecified atom stereocenters. The third-order valence-electron chi connectivity index (χ3n) is 3.49. The Morgan fingerprint density at radius 2 is 1.80 bits per heavy atom. The standard InChI is InChI=1S/C10H17BO3S/c1-9(2)10(3,4)14-11(13-9)7-5-6-8(12)15-7/h7H,5-6H2,1-4H3. The average molecular weight is 228 g/mol. The van der Waals surface area contributed by atoms with Gasteiger partial charge in [0.05, 0.1) is 11.2 Å². The van der Waals surface area contributed by atoms with Gasteiger partial charge in [0.15, 0.2) is 5.12 Å². The van der Waals surface area contributed by atoms with E-state index in [2.05, 4.69) is 0 Å². The van der Waals surface area contributed by atoms with Crippen LogP contribution in [0.15, 0.2) is 0 Å². The van der Waals surface area contributed by atoms with Gasteiger partial charge in [0.2, 0.25) is 0 Å². The first-order valence-electron chi connectivity index (χ1n) is 5.37. The second-order valence-corrected chi connectivity index (χ2v) is 6.49. The molecule has 1 atom stereocenters. The normalized spacial score (nSPS) is 33.7. The van der Waals surface area contributed by atoms with E-state index >= 15 is 0 Å². The molecule has 0 aromatic carbocycles. The van der Waals surface area contributed by atoms with Crippen LogP contribution in [0.25, 0.3) is 0 Å². The third-order valence-corrected chi connectivity index (χ3v) is 4.72. The predicted molar refractivity (Wildman–Crippen MR) is 61.7 cm³/mol. The Bertz CT molecular complexity index is 274. The Kier molecular flexibility index (Phi) is 2.68. The topological polar surface area (TPSA) is 35.5 Å². The SMILES string of the molecule is CC1(C)OB(C2CCC(=O)S2)OC1(C)C. The lowest BCUT2D eigenvalue weighted by atomic mass is 9.82. The average Bonchev–Trinajstić information content (AvgIpc) is 2.56. The van der Waals surface area contributed by atoms with Crippen LogP contribution in [0, 0.1) is 0 Å². The van der Waals surface area contributed by atoms with Crippen LogP contribution in [0.2, 0.25) is 0 Å². The van der Waals surface area contributed by atoms with Crippen LogP contribution in [0.3, 0.4) is 0 Å². The summed E-state index contributed by atoms with van der Waals surface area (Å²) in [5, 5.41) is 0.438. The van der Waals surface area contributed by atoms with Crippen LogP contribution >= 0.6 is 11.8 Å². The smallest absolute Gasteiger partial charge is 0.402 e. The fourth-order valence-electron chi connectivity index (χ4n) is 1.78. The van der Waals surface area contributed by atoms with Gasteiger partial charge in [-0.15, -0.1) is 0 Å². The fourth-order valence-corrected chi connectivity index (χ4v) is 2.81. The van der Waals surface area contributed by atoms with Crippen molar-refractivity contribution in [3.8, 4) is 0 Å². The van der Waals surface area contributed by atoms with E-state index in [0.29, 0.717) is 6.42 Å². The summed E-state index contributed by atoms with van der Waals surface area (Å²) < 4.78 is 11.8. The van der Waals surface area contributed by atoms with Crippen LogP contribution in [0.4, 0.5) is 0 Å². The van der Waals surface area contributed by atoms with Gasteiger partial charge in [0.1, 0.15) is 0 Å². The highest BCUT2D eigenvalue weighted by molar-refractivity contribution is 8.15. The second kappa shape index (κ2) is 3.50. The molecule has 15 heavy (non-hydrogen) atoms. The molecular formula is C10H17BO3S. The zero-order valence-electron chi connectivity index (χ0n) is 9.70. The monoisotopic (exact) mass is 228 g/mol. The van der Waals surface area contributed by atoms with Crippen molar-refractivity contribution in [2.75, 3.05) is 0 Å². The Morgan fingerprint density at radius 3 is 2.20 bits per heavy atom. The van der Waals surface area contributed by atoms with Gasteiger partial charge in [-0.05, 0) is 34.1 Å². The Hall–Kier alpha value is 0.00494. The molecule has 0 radical (unpaired) electrons. The molecule has 0 aromatic rings. The highest BCUT2D eigenvalue weighted by Crippen LogP contribution is 2.42. The maximum Gasteiger partial charge on any atom is 0.472 e. The molecule has 0 saturated carbocycles. The Balaban J connectivity index is 2.06. The molecule has 0 spiro atoms. The zero-order valence-corrected chi connectivity index (χ0v) is 10.5. The van der Waals surface area contributed by atoms with Crippen molar-refractivity contribution in [3.05, 3.63) is 0 Å². The van der Waals surface area contributed by atoms with Crippen molar-refractivity contribution in [2.24, 2.45) is 0 Å². The molecule has 0 N–H and O–H groups in total. The number of rotatable bonds is 1. The highest BCUT2D eigenvalue weighted by atomic mass is 32.2. The number of carbonyl (C=O) groups is 1. The first-order valence-corrected chi connectivity index (χ1v) is 6.25. The van der Waals surface area contributed by atoms with E-state index < -0.39 is 0 Å². The molecule has 2 rings (SSSR count). The van der Waals surface area contributed by atoms with E-state index in [-0.39, 0.29) is 28.6 Å². The molecule has 5 heteroatoms. The third kappa shape index (κ3) is 1.97. The van der Waals surface area contributed by atoms with Crippen molar-refractivity contribution < 1.29 is 14.1 Å². The zero-order chi connectivity index (χ0) is 11.3. The van der Waals surface area contributed by atoms with E-state index in [9.17, 15) is 4.79 Å². The highest BCUT2D eigenvalue weighted by Gasteiger charge is 2.55. The lowest BCUT2D eigenvalue weighted by molar-refractivity contribution is -0.110. The molecule has 84 valence electrons. The Morgan fingerprint density at radius 1 is 1.27 bits per heavy atom. The maximum atomic E-state index is 11.2. The summed E-state index contributed by atoms with van der Waals surface area (Å²) in [4.78, 5) is 11.2. The largest absolute Gasteiger partial charge is 0.472 e. The number of hydrogen-bond acceptors (Lipinski definition) is 4. The van der Waals surface area contributed by atoms with Crippen molar-refractivity contribution in [1.29, 1.82) is 0 Å². The number of carbonyl (C=O) groups excluding carboxylic acids is 1. The van der Waals surface area contributed by atoms with Crippen LogP contribution in [-0.2, 0) is 14.1 Å². The van der Waals surface area contributed by atoms with Crippen LogP contribution in [0.1, 0.15) is 40.5 Å². The first-order chi connectivity index (χ1) is 6.82. The Labute approximate surface area is 95.4 Å². The predicted octanol–water partition coefficient (Wildman–Crippen LogP) is 2.04. The van der Waals surface area contributed by atoms with Crippen molar-refractivity contribution in [2.45, 2.75) is 56.9 Å². The summed E-state index contributed by atoms with van der Waals surface area (Å²) in [7, 11) is -0.230. The first kappa shape index (κ1) is 11.5. The molecule has 0 aliphatic carbocycles. The van der Waals surface area contributed by atoms with Crippen LogP contribution in [0.5, 0.6) is 0 Å². The van der Waals surface area contributed by atoms with Gasteiger partial charge in [-0.3, -0.25) is 4.79 Å². The van der Waals surface area contributed by atoms with E-state index in [0.717, 1.165) is 6.42 Å². The summed E-state index contributed by atoms with van der Waals surface area (Å²) in [6.07, 6.45) is 1.53. The molecule has 0 bridgehead atoms. The van der Waals surface area contributed by atoms with Gasteiger partial charge >= 0.3 is 7.12 Å². The van der Waals surface area contributed by atoms with E-state index in [1.54, 1.807) is 0 Å². The second-order valence-electron chi connectivity index (χ2n) is 5.19. The van der Waals surface area contributed by atoms with Crippen LogP contribution in [-0.4, -0.2) is 28.6 Å². The molecule has 0 aromatic heterocycles. The van der Waals surface area contributed by atoms with Gasteiger partial charge in [-0.1, -0.05) is 11.8 Å².